The molecule has 160 valence electrons. The minimum absolute atomic E-state index is 0. The van der Waals surface area contributed by atoms with E-state index in [9.17, 15) is 18.0 Å². The first-order chi connectivity index (χ1) is 13.9. The third-order valence-corrected chi connectivity index (χ3v) is 5.51. The van der Waals surface area contributed by atoms with E-state index in [-0.39, 0.29) is 29.5 Å². The molecule has 1 aliphatic carbocycles. The lowest BCUT2D eigenvalue weighted by Crippen LogP contribution is -2.31. The molecular formula is C21H23F3N4O2. The average molecular weight is 420 g/mol. The van der Waals surface area contributed by atoms with Crippen molar-refractivity contribution in [3.05, 3.63) is 59.5 Å². The zero-order chi connectivity index (χ0) is 20.5. The van der Waals surface area contributed by atoms with Gasteiger partial charge in [0.05, 0.1) is 11.6 Å². The Hall–Kier alpha value is -3.07. The predicted molar refractivity (Wildman–Crippen MR) is 106 cm³/mol. The van der Waals surface area contributed by atoms with E-state index in [0.29, 0.717) is 12.1 Å². The topological polar surface area (TPSA) is 102 Å². The number of fused-ring (bicyclic) bond motifs is 1. The summed E-state index contributed by atoms with van der Waals surface area (Å²) in [4.78, 5) is 12.1. The Morgan fingerprint density at radius 3 is 2.43 bits per heavy atom. The second kappa shape index (κ2) is 8.74. The van der Waals surface area contributed by atoms with Gasteiger partial charge in [-0.15, -0.1) is 0 Å². The van der Waals surface area contributed by atoms with Crippen LogP contribution in [0, 0.1) is 23.4 Å². The Morgan fingerprint density at radius 2 is 1.77 bits per heavy atom. The number of phenolic OH excluding ortho intramolecular Hbond substituents is 1. The molecule has 1 aromatic heterocycles. The molecule has 5 N–H and O–H groups in total. The Bertz CT molecular complexity index is 1040. The second-order valence-electron chi connectivity index (χ2n) is 7.49. The number of phenols is 1. The fraction of sp³-hybridized carbons (Fsp3) is 0.333. The van der Waals surface area contributed by atoms with Crippen molar-refractivity contribution in [2.24, 2.45) is 5.92 Å². The summed E-state index contributed by atoms with van der Waals surface area (Å²) in [6.07, 6.45) is 5.41. The van der Waals surface area contributed by atoms with Gasteiger partial charge < -0.3 is 16.6 Å². The van der Waals surface area contributed by atoms with Gasteiger partial charge in [-0.05, 0) is 55.9 Å². The molecule has 0 atom stereocenters. The second-order valence-corrected chi connectivity index (χ2v) is 7.49. The number of halogens is 3. The maximum Gasteiger partial charge on any atom is 0.251 e. The molecule has 0 radical (unpaired) electrons. The molecule has 1 heterocycles. The molecule has 30 heavy (non-hydrogen) atoms. The summed E-state index contributed by atoms with van der Waals surface area (Å²) in [5.41, 5.74) is 0.467. The highest BCUT2D eigenvalue weighted by Gasteiger charge is 2.24. The number of nitrogens with one attached hydrogen (secondary N) is 1. The number of benzene rings is 2. The zero-order valence-electron chi connectivity index (χ0n) is 16.2. The van der Waals surface area contributed by atoms with Gasteiger partial charge >= 0.3 is 0 Å². The SMILES string of the molecule is N.O=C(NCC1CCC(n2cc3ccc(F)cc3n2)CC1)c1cc(F)c(O)c(F)c1. The smallest absolute Gasteiger partial charge is 0.251 e. The highest BCUT2D eigenvalue weighted by atomic mass is 19.1. The van der Waals surface area contributed by atoms with E-state index in [0.717, 1.165) is 43.2 Å². The van der Waals surface area contributed by atoms with Crippen molar-refractivity contribution < 1.29 is 23.1 Å². The molecule has 1 aliphatic rings. The molecule has 1 amide bonds. The summed E-state index contributed by atoms with van der Waals surface area (Å²) < 4.78 is 42.0. The van der Waals surface area contributed by atoms with Gasteiger partial charge in [0.2, 0.25) is 0 Å². The van der Waals surface area contributed by atoms with Crippen molar-refractivity contribution in [2.75, 3.05) is 6.54 Å². The lowest BCUT2D eigenvalue weighted by molar-refractivity contribution is 0.0940. The third-order valence-electron chi connectivity index (χ3n) is 5.51. The number of hydrogen-bond donors (Lipinski definition) is 3. The first kappa shape index (κ1) is 21.6. The number of carbonyl (C=O) groups excluding carboxylic acids is 1. The highest BCUT2D eigenvalue weighted by molar-refractivity contribution is 5.94. The van der Waals surface area contributed by atoms with Crippen LogP contribution < -0.4 is 11.5 Å². The molecule has 4 rings (SSSR count). The molecule has 0 bridgehead atoms. The van der Waals surface area contributed by atoms with Gasteiger partial charge in [-0.3, -0.25) is 9.48 Å². The highest BCUT2D eigenvalue weighted by Crippen LogP contribution is 2.32. The van der Waals surface area contributed by atoms with Gasteiger partial charge in [0.15, 0.2) is 17.4 Å². The first-order valence-corrected chi connectivity index (χ1v) is 9.51. The lowest BCUT2D eigenvalue weighted by atomic mass is 9.86. The maximum absolute atomic E-state index is 13.4. The van der Waals surface area contributed by atoms with Crippen LogP contribution in [-0.4, -0.2) is 27.3 Å². The molecule has 6 nitrogen and oxygen atoms in total. The van der Waals surface area contributed by atoms with Gasteiger partial charge in [0.25, 0.3) is 5.91 Å². The summed E-state index contributed by atoms with van der Waals surface area (Å²) in [6, 6.07) is 6.40. The molecule has 3 aromatic rings. The van der Waals surface area contributed by atoms with Crippen molar-refractivity contribution in [1.29, 1.82) is 0 Å². The molecule has 9 heteroatoms. The van der Waals surface area contributed by atoms with E-state index in [4.69, 9.17) is 5.11 Å². The molecule has 1 saturated carbocycles. The number of amides is 1. The van der Waals surface area contributed by atoms with Crippen LogP contribution in [-0.2, 0) is 0 Å². The Balaban J connectivity index is 0.00000256. The van der Waals surface area contributed by atoms with Crippen molar-refractivity contribution in [3.63, 3.8) is 0 Å². The van der Waals surface area contributed by atoms with Crippen molar-refractivity contribution >= 4 is 16.8 Å². The Kier molecular flexibility index (Phi) is 6.31. The van der Waals surface area contributed by atoms with Gasteiger partial charge in [0.1, 0.15) is 5.82 Å². The van der Waals surface area contributed by atoms with Gasteiger partial charge in [-0.25, -0.2) is 13.2 Å². The van der Waals surface area contributed by atoms with Crippen LogP contribution in [0.5, 0.6) is 5.75 Å². The maximum atomic E-state index is 13.4. The minimum Gasteiger partial charge on any atom is -0.503 e. The summed E-state index contributed by atoms with van der Waals surface area (Å²) in [5, 5.41) is 17.2. The number of nitrogens with zero attached hydrogens (tertiary/aromatic N) is 2. The normalized spacial score (nSPS) is 18.8. The predicted octanol–water partition coefficient (Wildman–Crippen LogP) is 4.48. The quantitative estimate of drug-likeness (QED) is 0.579. The standard InChI is InChI=1S/C21H20F3N3O2.H3N/c22-15-4-3-13-11-27(26-19(13)9-15)16-5-1-12(2-6-16)10-25-21(29)14-7-17(23)20(28)18(24)8-14;/h3-4,7-9,11-12,16,28H,1-2,5-6,10H2,(H,25,29);1H3. The van der Waals surface area contributed by atoms with Gasteiger partial charge in [-0.2, -0.15) is 5.10 Å². The van der Waals surface area contributed by atoms with Crippen molar-refractivity contribution in [3.8, 4) is 5.75 Å². The van der Waals surface area contributed by atoms with Crippen LogP contribution in [0.3, 0.4) is 0 Å². The monoisotopic (exact) mass is 420 g/mol. The van der Waals surface area contributed by atoms with E-state index >= 15 is 0 Å². The number of aromatic hydroxyl groups is 1. The van der Waals surface area contributed by atoms with Gasteiger partial charge in [0, 0.05) is 29.8 Å². The zero-order valence-corrected chi connectivity index (χ0v) is 16.2. The van der Waals surface area contributed by atoms with Crippen LogP contribution in [0.4, 0.5) is 13.2 Å². The van der Waals surface area contributed by atoms with E-state index in [1.807, 2.05) is 10.9 Å². The van der Waals surface area contributed by atoms with E-state index < -0.39 is 23.3 Å². The first-order valence-electron chi connectivity index (χ1n) is 9.51. The third kappa shape index (κ3) is 4.40. The van der Waals surface area contributed by atoms with Crippen LogP contribution >= 0.6 is 0 Å². The summed E-state index contributed by atoms with van der Waals surface area (Å²) in [5.74, 6) is -4.05. The largest absolute Gasteiger partial charge is 0.503 e. The Labute approximate surface area is 171 Å². The van der Waals surface area contributed by atoms with E-state index in [1.54, 1.807) is 6.07 Å². The molecular weight excluding hydrogens is 397 g/mol. The summed E-state index contributed by atoms with van der Waals surface area (Å²) in [7, 11) is 0. The number of aromatic nitrogens is 2. The molecule has 1 fully saturated rings. The van der Waals surface area contributed by atoms with Crippen LogP contribution in [0.25, 0.3) is 10.9 Å². The van der Waals surface area contributed by atoms with Crippen LogP contribution in [0.15, 0.2) is 36.5 Å². The fourth-order valence-electron chi connectivity index (χ4n) is 3.84. The molecule has 0 aliphatic heterocycles. The van der Waals surface area contributed by atoms with Gasteiger partial charge in [-0.1, -0.05) is 0 Å². The molecule has 0 spiro atoms. The van der Waals surface area contributed by atoms with Crippen molar-refractivity contribution in [2.45, 2.75) is 31.7 Å². The summed E-state index contributed by atoms with van der Waals surface area (Å²) in [6.45, 7) is 0.405. The van der Waals surface area contributed by atoms with Crippen LogP contribution in [0.1, 0.15) is 42.1 Å². The minimum atomic E-state index is -1.16. The summed E-state index contributed by atoms with van der Waals surface area (Å²) >= 11 is 0. The molecule has 0 saturated heterocycles. The number of carbonyl (C=O) groups is 1. The molecule has 2 aromatic carbocycles. The number of rotatable bonds is 4. The average Bonchev–Trinajstić information content (AvgIpc) is 3.13. The Morgan fingerprint density at radius 1 is 1.10 bits per heavy atom. The number of hydrogen-bond acceptors (Lipinski definition) is 4. The molecule has 0 unspecified atom stereocenters. The van der Waals surface area contributed by atoms with E-state index in [2.05, 4.69) is 10.4 Å². The van der Waals surface area contributed by atoms with Crippen LogP contribution in [0.2, 0.25) is 0 Å². The van der Waals surface area contributed by atoms with Crippen molar-refractivity contribution in [1.82, 2.24) is 21.2 Å². The lowest BCUT2D eigenvalue weighted by Gasteiger charge is -2.28. The fourth-order valence-corrected chi connectivity index (χ4v) is 3.84. The van der Waals surface area contributed by atoms with E-state index in [1.165, 1.54) is 12.1 Å².